The maximum Gasteiger partial charge on any atom is 0.181 e. The number of alkyl halides is 1. The van der Waals surface area contributed by atoms with Gasteiger partial charge in [-0.2, -0.15) is 0 Å². The van der Waals surface area contributed by atoms with Gasteiger partial charge in [-0.25, -0.2) is 4.98 Å². The van der Waals surface area contributed by atoms with E-state index in [4.69, 9.17) is 16.0 Å². The predicted molar refractivity (Wildman–Crippen MR) is 63.9 cm³/mol. The van der Waals surface area contributed by atoms with Crippen molar-refractivity contribution in [3.63, 3.8) is 0 Å². The van der Waals surface area contributed by atoms with E-state index in [1.54, 1.807) is 0 Å². The van der Waals surface area contributed by atoms with E-state index in [0.717, 1.165) is 21.5 Å². The number of rotatable bonds is 2. The summed E-state index contributed by atoms with van der Waals surface area (Å²) in [5.41, 5.74) is 2.94. The third-order valence-corrected chi connectivity index (χ3v) is 3.05. The zero-order valence-corrected chi connectivity index (χ0v) is 10.5. The minimum absolute atomic E-state index is 0.353. The Morgan fingerprint density at radius 1 is 1.47 bits per heavy atom. The first-order valence-electron chi connectivity index (χ1n) is 4.47. The van der Waals surface area contributed by atoms with Gasteiger partial charge in [0.1, 0.15) is 5.69 Å². The number of aryl methyl sites for hydroxylation is 1. The van der Waals surface area contributed by atoms with Crippen LogP contribution in [-0.2, 0) is 5.88 Å². The number of halogens is 2. The average molecular weight is 287 g/mol. The Labute approximate surface area is 101 Å². The van der Waals surface area contributed by atoms with Gasteiger partial charge in [-0.05, 0) is 24.6 Å². The highest BCUT2D eigenvalue weighted by Gasteiger charge is 2.12. The molecule has 0 amide bonds. The highest BCUT2D eigenvalue weighted by atomic mass is 79.9. The van der Waals surface area contributed by atoms with E-state index >= 15 is 0 Å². The Morgan fingerprint density at radius 2 is 2.27 bits per heavy atom. The van der Waals surface area contributed by atoms with E-state index in [1.807, 2.05) is 25.1 Å². The van der Waals surface area contributed by atoms with Crippen LogP contribution in [0.2, 0.25) is 0 Å². The fourth-order valence-corrected chi connectivity index (χ4v) is 2.25. The molecule has 0 fully saturated rings. The fourth-order valence-electron chi connectivity index (χ4n) is 1.39. The number of hydrogen-bond donors (Lipinski definition) is 0. The van der Waals surface area contributed by atoms with Gasteiger partial charge in [0.05, 0.1) is 5.88 Å². The molecular weight excluding hydrogens is 277 g/mol. The third-order valence-electron chi connectivity index (χ3n) is 2.14. The molecule has 0 radical (unpaired) electrons. The van der Waals surface area contributed by atoms with Crippen molar-refractivity contribution in [3.8, 4) is 11.3 Å². The number of benzene rings is 1. The molecule has 0 aliphatic rings. The molecule has 0 N–H and O–H groups in total. The van der Waals surface area contributed by atoms with Gasteiger partial charge in [0.25, 0.3) is 0 Å². The number of aromatic nitrogens is 1. The molecule has 0 saturated heterocycles. The van der Waals surface area contributed by atoms with Gasteiger partial charge in [-0.15, -0.1) is 11.6 Å². The van der Waals surface area contributed by atoms with Gasteiger partial charge < -0.3 is 4.42 Å². The normalized spacial score (nSPS) is 10.6. The van der Waals surface area contributed by atoms with E-state index in [0.29, 0.717) is 5.88 Å². The molecule has 4 heteroatoms. The number of hydrogen-bond acceptors (Lipinski definition) is 2. The predicted octanol–water partition coefficient (Wildman–Crippen LogP) is 4.15. The molecule has 15 heavy (non-hydrogen) atoms. The van der Waals surface area contributed by atoms with Gasteiger partial charge in [0, 0.05) is 10.0 Å². The van der Waals surface area contributed by atoms with E-state index < -0.39 is 0 Å². The van der Waals surface area contributed by atoms with Crippen molar-refractivity contribution < 1.29 is 4.42 Å². The smallest absolute Gasteiger partial charge is 0.181 e. The Kier molecular flexibility index (Phi) is 3.12. The molecule has 2 nitrogen and oxygen atoms in total. The first-order chi connectivity index (χ1) is 7.22. The topological polar surface area (TPSA) is 26.0 Å². The van der Waals surface area contributed by atoms with Gasteiger partial charge >= 0.3 is 0 Å². The van der Waals surface area contributed by atoms with E-state index in [2.05, 4.69) is 20.9 Å². The highest BCUT2D eigenvalue weighted by molar-refractivity contribution is 9.10. The van der Waals surface area contributed by atoms with Crippen LogP contribution < -0.4 is 0 Å². The summed E-state index contributed by atoms with van der Waals surface area (Å²) in [7, 11) is 0. The van der Waals surface area contributed by atoms with Gasteiger partial charge in [0.15, 0.2) is 12.2 Å². The van der Waals surface area contributed by atoms with Crippen LogP contribution in [0.5, 0.6) is 0 Å². The first-order valence-corrected chi connectivity index (χ1v) is 5.80. The van der Waals surface area contributed by atoms with Crippen LogP contribution in [-0.4, -0.2) is 4.98 Å². The molecule has 0 saturated carbocycles. The zero-order chi connectivity index (χ0) is 10.8. The van der Waals surface area contributed by atoms with Crippen molar-refractivity contribution in [1.29, 1.82) is 0 Å². The zero-order valence-electron chi connectivity index (χ0n) is 8.13. The fraction of sp³-hybridized carbons (Fsp3) is 0.182. The van der Waals surface area contributed by atoms with Gasteiger partial charge in [-0.3, -0.25) is 0 Å². The average Bonchev–Trinajstić information content (AvgIpc) is 2.65. The van der Waals surface area contributed by atoms with Gasteiger partial charge in [-0.1, -0.05) is 22.0 Å². The lowest BCUT2D eigenvalue weighted by atomic mass is 10.1. The molecule has 0 aliphatic carbocycles. The van der Waals surface area contributed by atoms with E-state index in [-0.39, 0.29) is 0 Å². The van der Waals surface area contributed by atoms with E-state index in [9.17, 15) is 0 Å². The molecular formula is C11H9BrClNO. The summed E-state index contributed by atoms with van der Waals surface area (Å²) in [6.45, 7) is 2.04. The minimum atomic E-state index is 0.353. The molecule has 78 valence electrons. The maximum absolute atomic E-state index is 5.77. The standard InChI is InChI=1S/C11H9BrClNO/c1-7-2-3-8(9(12)4-7)11-10(5-13)14-6-15-11/h2-4,6H,5H2,1H3. The second-order valence-electron chi connectivity index (χ2n) is 3.25. The molecule has 0 bridgehead atoms. The lowest BCUT2D eigenvalue weighted by molar-refractivity contribution is 0.571. The summed E-state index contributed by atoms with van der Waals surface area (Å²) in [6.07, 6.45) is 1.42. The summed E-state index contributed by atoms with van der Waals surface area (Å²) in [4.78, 5) is 4.06. The Balaban J connectivity index is 2.54. The second-order valence-corrected chi connectivity index (χ2v) is 4.37. The van der Waals surface area contributed by atoms with Crippen molar-refractivity contribution in [2.24, 2.45) is 0 Å². The van der Waals surface area contributed by atoms with Crippen molar-refractivity contribution >= 4 is 27.5 Å². The summed E-state index contributed by atoms with van der Waals surface area (Å²) >= 11 is 9.27. The summed E-state index contributed by atoms with van der Waals surface area (Å²) in [5, 5.41) is 0. The van der Waals surface area contributed by atoms with Crippen LogP contribution in [0.3, 0.4) is 0 Å². The molecule has 1 aromatic carbocycles. The van der Waals surface area contributed by atoms with Gasteiger partial charge in [0.2, 0.25) is 0 Å². The SMILES string of the molecule is Cc1ccc(-c2ocnc2CCl)c(Br)c1. The van der Waals surface area contributed by atoms with Crippen molar-refractivity contribution in [2.45, 2.75) is 12.8 Å². The summed E-state index contributed by atoms with van der Waals surface area (Å²) in [6, 6.07) is 6.06. The van der Waals surface area contributed by atoms with Crippen molar-refractivity contribution in [2.75, 3.05) is 0 Å². The number of nitrogens with zero attached hydrogens (tertiary/aromatic N) is 1. The second kappa shape index (κ2) is 4.37. The van der Waals surface area contributed by atoms with Crippen LogP contribution in [0.25, 0.3) is 11.3 Å². The Bertz CT molecular complexity index is 481. The molecule has 0 unspecified atom stereocenters. The molecule has 2 rings (SSSR count). The van der Waals surface area contributed by atoms with Crippen molar-refractivity contribution in [1.82, 2.24) is 4.98 Å². The number of oxazole rings is 1. The van der Waals surface area contributed by atoms with Crippen LogP contribution in [0, 0.1) is 6.92 Å². The molecule has 1 heterocycles. The summed E-state index contributed by atoms with van der Waals surface area (Å²) in [5.74, 6) is 1.09. The van der Waals surface area contributed by atoms with E-state index in [1.165, 1.54) is 12.0 Å². The summed E-state index contributed by atoms with van der Waals surface area (Å²) < 4.78 is 6.33. The van der Waals surface area contributed by atoms with Crippen LogP contribution in [0.15, 0.2) is 33.5 Å². The monoisotopic (exact) mass is 285 g/mol. The van der Waals surface area contributed by atoms with Crippen LogP contribution in [0.4, 0.5) is 0 Å². The molecule has 0 atom stereocenters. The van der Waals surface area contributed by atoms with Crippen LogP contribution >= 0.6 is 27.5 Å². The quantitative estimate of drug-likeness (QED) is 0.775. The lowest BCUT2D eigenvalue weighted by Gasteiger charge is -2.03. The Hall–Kier alpha value is -0.800. The molecule has 0 spiro atoms. The molecule has 1 aromatic heterocycles. The highest BCUT2D eigenvalue weighted by Crippen LogP contribution is 2.31. The maximum atomic E-state index is 5.77. The third kappa shape index (κ3) is 2.08. The largest absolute Gasteiger partial charge is 0.443 e. The Morgan fingerprint density at radius 3 is 2.93 bits per heavy atom. The molecule has 0 aliphatic heterocycles. The van der Waals surface area contributed by atoms with Crippen LogP contribution in [0.1, 0.15) is 11.3 Å². The lowest BCUT2D eigenvalue weighted by Crippen LogP contribution is -1.85. The minimum Gasteiger partial charge on any atom is -0.443 e. The molecule has 2 aromatic rings. The first kappa shape index (κ1) is 10.7. The van der Waals surface area contributed by atoms with Crippen molar-refractivity contribution in [3.05, 3.63) is 40.3 Å².